The van der Waals surface area contributed by atoms with Crippen molar-refractivity contribution in [3.05, 3.63) is 58.3 Å². The fourth-order valence-corrected chi connectivity index (χ4v) is 5.19. The minimum Gasteiger partial charge on any atom is -0.481 e. The van der Waals surface area contributed by atoms with E-state index in [2.05, 4.69) is 4.98 Å². The molecule has 44 heavy (non-hydrogen) atoms. The van der Waals surface area contributed by atoms with Crippen LogP contribution < -0.4 is 4.90 Å². The van der Waals surface area contributed by atoms with Crippen molar-refractivity contribution in [1.29, 1.82) is 0 Å². The van der Waals surface area contributed by atoms with E-state index in [0.717, 1.165) is 11.0 Å². The summed E-state index contributed by atoms with van der Waals surface area (Å²) in [6.45, 7) is 1.07. The number of carboxylic acids is 1. The lowest BCUT2D eigenvalue weighted by Gasteiger charge is -2.36. The number of carbonyl (C=O) groups is 2. The predicted octanol–water partition coefficient (Wildman–Crippen LogP) is 6.68. The number of carbonyl (C=O) groups excluding carboxylic acids is 1. The lowest BCUT2D eigenvalue weighted by molar-refractivity contribution is -0.143. The van der Waals surface area contributed by atoms with E-state index in [1.54, 1.807) is 0 Å². The molecule has 1 N–H and O–H groups in total. The first-order valence-corrected chi connectivity index (χ1v) is 13.2. The second-order valence-electron chi connectivity index (χ2n) is 10.4. The largest absolute Gasteiger partial charge is 0.481 e. The SMILES string of the molecule is CC1C(c2cc(C(F)(F)F)cc(C(F)(F)F)c2)OC(=O)N1Cc1cc(C(F)(F)F)cnc1N(CCC(=O)O)C1CCOCC1. The molecule has 242 valence electrons. The fourth-order valence-electron chi connectivity index (χ4n) is 5.19. The number of aromatic nitrogens is 1. The Morgan fingerprint density at radius 1 is 0.955 bits per heavy atom. The molecule has 2 aromatic rings. The molecule has 2 aliphatic rings. The van der Waals surface area contributed by atoms with Crippen molar-refractivity contribution in [2.45, 2.75) is 69.4 Å². The molecule has 1 aromatic carbocycles. The molecule has 0 bridgehead atoms. The van der Waals surface area contributed by atoms with Gasteiger partial charge < -0.3 is 19.5 Å². The number of carboxylic acid groups (broad SMARTS) is 1. The van der Waals surface area contributed by atoms with Crippen LogP contribution in [0.4, 0.5) is 50.1 Å². The third-order valence-corrected chi connectivity index (χ3v) is 7.41. The van der Waals surface area contributed by atoms with Gasteiger partial charge in [-0.25, -0.2) is 9.78 Å². The third-order valence-electron chi connectivity index (χ3n) is 7.41. The van der Waals surface area contributed by atoms with Gasteiger partial charge in [-0.15, -0.1) is 0 Å². The summed E-state index contributed by atoms with van der Waals surface area (Å²) in [6, 6.07) is -0.135. The molecule has 4 rings (SSSR count). The number of pyridine rings is 1. The van der Waals surface area contributed by atoms with Gasteiger partial charge in [-0.05, 0) is 49.6 Å². The molecule has 8 nitrogen and oxygen atoms in total. The number of benzene rings is 1. The molecule has 2 aliphatic heterocycles. The number of alkyl halides is 9. The molecule has 0 saturated carbocycles. The summed E-state index contributed by atoms with van der Waals surface area (Å²) >= 11 is 0. The second kappa shape index (κ2) is 12.3. The molecule has 0 radical (unpaired) electrons. The maximum atomic E-state index is 13.7. The monoisotopic (exact) mass is 643 g/mol. The van der Waals surface area contributed by atoms with Crippen molar-refractivity contribution >= 4 is 17.9 Å². The van der Waals surface area contributed by atoms with Crippen LogP contribution >= 0.6 is 0 Å². The first-order chi connectivity index (χ1) is 20.4. The highest BCUT2D eigenvalue weighted by molar-refractivity contribution is 5.72. The molecule has 2 atom stereocenters. The smallest absolute Gasteiger partial charge is 0.417 e. The molecule has 2 fully saturated rings. The normalized spacial score (nSPS) is 20.1. The Morgan fingerprint density at radius 3 is 2.05 bits per heavy atom. The van der Waals surface area contributed by atoms with Crippen LogP contribution in [-0.2, 0) is 39.3 Å². The average molecular weight is 644 g/mol. The number of anilines is 1. The molecule has 0 aliphatic carbocycles. The molecule has 2 saturated heterocycles. The van der Waals surface area contributed by atoms with E-state index >= 15 is 0 Å². The number of rotatable bonds is 8. The van der Waals surface area contributed by atoms with Gasteiger partial charge in [-0.1, -0.05) is 0 Å². The number of halogens is 9. The molecule has 1 amide bonds. The van der Waals surface area contributed by atoms with Crippen LogP contribution in [0.15, 0.2) is 30.5 Å². The minimum atomic E-state index is -5.16. The number of cyclic esters (lactones) is 1. The third kappa shape index (κ3) is 7.47. The Morgan fingerprint density at radius 2 is 1.52 bits per heavy atom. The van der Waals surface area contributed by atoms with Crippen LogP contribution in [0.25, 0.3) is 0 Å². The van der Waals surface area contributed by atoms with E-state index in [9.17, 15) is 54.2 Å². The van der Waals surface area contributed by atoms with Gasteiger partial charge in [0.2, 0.25) is 0 Å². The summed E-state index contributed by atoms with van der Waals surface area (Å²) in [7, 11) is 0. The Bertz CT molecular complexity index is 1340. The summed E-state index contributed by atoms with van der Waals surface area (Å²) in [4.78, 5) is 30.7. The van der Waals surface area contributed by atoms with Gasteiger partial charge in [0, 0.05) is 37.6 Å². The molecular weight excluding hydrogens is 617 g/mol. The van der Waals surface area contributed by atoms with Crippen molar-refractivity contribution in [3.8, 4) is 0 Å². The van der Waals surface area contributed by atoms with Crippen molar-refractivity contribution in [3.63, 3.8) is 0 Å². The van der Waals surface area contributed by atoms with E-state index in [-0.39, 0.29) is 43.2 Å². The zero-order valence-corrected chi connectivity index (χ0v) is 22.9. The maximum Gasteiger partial charge on any atom is 0.417 e. The topological polar surface area (TPSA) is 92.2 Å². The highest BCUT2D eigenvalue weighted by Crippen LogP contribution is 2.42. The second-order valence-corrected chi connectivity index (χ2v) is 10.4. The number of nitrogens with zero attached hydrogens (tertiary/aromatic N) is 3. The van der Waals surface area contributed by atoms with Crippen LogP contribution in [0.2, 0.25) is 0 Å². The highest BCUT2D eigenvalue weighted by atomic mass is 19.4. The predicted molar refractivity (Wildman–Crippen MR) is 133 cm³/mol. The van der Waals surface area contributed by atoms with E-state index < -0.39 is 78.0 Å². The van der Waals surface area contributed by atoms with E-state index in [1.165, 1.54) is 11.8 Å². The summed E-state index contributed by atoms with van der Waals surface area (Å²) < 4.78 is 132. The van der Waals surface area contributed by atoms with Crippen molar-refractivity contribution < 1.29 is 63.7 Å². The molecule has 2 unspecified atom stereocenters. The molecular formula is C27H26F9N3O5. The van der Waals surface area contributed by atoms with E-state index in [1.807, 2.05) is 0 Å². The number of hydrogen-bond acceptors (Lipinski definition) is 6. The van der Waals surface area contributed by atoms with E-state index in [0.29, 0.717) is 31.2 Å². The molecule has 0 spiro atoms. The maximum absolute atomic E-state index is 13.7. The van der Waals surface area contributed by atoms with E-state index in [4.69, 9.17) is 9.47 Å². The van der Waals surface area contributed by atoms with Gasteiger partial charge in [-0.3, -0.25) is 9.69 Å². The minimum absolute atomic E-state index is 0.0620. The first kappa shape index (κ1) is 33.1. The summed E-state index contributed by atoms with van der Waals surface area (Å²) in [5.41, 5.74) is -5.23. The Hall–Kier alpha value is -3.76. The van der Waals surface area contributed by atoms with Crippen molar-refractivity contribution in [1.82, 2.24) is 9.88 Å². The Kier molecular flexibility index (Phi) is 9.28. The Balaban J connectivity index is 1.74. The summed E-state index contributed by atoms with van der Waals surface area (Å²) in [5.74, 6) is -1.25. The number of aliphatic carboxylic acids is 1. The molecule has 17 heteroatoms. The highest BCUT2D eigenvalue weighted by Gasteiger charge is 2.44. The fraction of sp³-hybridized carbons (Fsp3) is 0.519. The van der Waals surface area contributed by atoms with Gasteiger partial charge >= 0.3 is 30.6 Å². The first-order valence-electron chi connectivity index (χ1n) is 13.2. The van der Waals surface area contributed by atoms with Gasteiger partial charge in [-0.2, -0.15) is 39.5 Å². The van der Waals surface area contributed by atoms with Gasteiger partial charge in [0.05, 0.1) is 35.7 Å². The van der Waals surface area contributed by atoms with Crippen LogP contribution in [0.3, 0.4) is 0 Å². The summed E-state index contributed by atoms with van der Waals surface area (Å²) in [5, 5.41) is 9.27. The van der Waals surface area contributed by atoms with Crippen LogP contribution in [-0.4, -0.2) is 58.9 Å². The Labute approximate surface area is 244 Å². The van der Waals surface area contributed by atoms with Crippen LogP contribution in [0, 0.1) is 0 Å². The molecule has 1 aromatic heterocycles. The average Bonchev–Trinajstić information content (AvgIpc) is 3.21. The lowest BCUT2D eigenvalue weighted by Crippen LogP contribution is -2.42. The van der Waals surface area contributed by atoms with Gasteiger partial charge in [0.25, 0.3) is 0 Å². The van der Waals surface area contributed by atoms with Gasteiger partial charge in [0.1, 0.15) is 11.9 Å². The quantitative estimate of drug-likeness (QED) is 0.321. The lowest BCUT2D eigenvalue weighted by atomic mass is 9.97. The number of amides is 1. The van der Waals surface area contributed by atoms with Crippen molar-refractivity contribution in [2.75, 3.05) is 24.7 Å². The summed E-state index contributed by atoms with van der Waals surface area (Å²) in [6.07, 6.45) is -17.1. The molecule has 3 heterocycles. The van der Waals surface area contributed by atoms with Crippen molar-refractivity contribution in [2.24, 2.45) is 0 Å². The zero-order valence-electron chi connectivity index (χ0n) is 22.9. The number of ether oxygens (including phenoxy) is 2. The zero-order chi connectivity index (χ0) is 32.6. The van der Waals surface area contributed by atoms with Crippen LogP contribution in [0.5, 0.6) is 0 Å². The number of hydrogen-bond donors (Lipinski definition) is 1. The van der Waals surface area contributed by atoms with Crippen LogP contribution in [0.1, 0.15) is 60.1 Å². The standard InChI is InChI=1S/C27H26F9N3O5/c1-14-22(15-8-17(25(28,29)30)11-18(9-15)26(31,32)33)44-24(42)39(14)13-16-10-19(27(34,35)36)12-37-23(16)38(5-2-21(40)41)20-3-6-43-7-4-20/h8-12,14,20,22H,2-7,13H2,1H3,(H,40,41). The van der Waals surface area contributed by atoms with Gasteiger partial charge in [0.15, 0.2) is 0 Å².